The molecule has 0 aliphatic rings. The van der Waals surface area contributed by atoms with Gasteiger partial charge in [0, 0.05) is 4.47 Å². The summed E-state index contributed by atoms with van der Waals surface area (Å²) < 4.78 is 12.3. The predicted octanol–water partition coefficient (Wildman–Crippen LogP) is 3.48. The highest BCUT2D eigenvalue weighted by Crippen LogP contribution is 2.13. The van der Waals surface area contributed by atoms with Gasteiger partial charge in [0.1, 0.15) is 18.1 Å². The van der Waals surface area contributed by atoms with Crippen LogP contribution in [0.1, 0.15) is 17.1 Å². The predicted molar refractivity (Wildman–Crippen MR) is 74.1 cm³/mol. The van der Waals surface area contributed by atoms with Gasteiger partial charge in [-0.15, -0.1) is 0 Å². The molecule has 1 heterocycles. The molecule has 0 fully saturated rings. The highest BCUT2D eigenvalue weighted by Gasteiger charge is 2.01. The van der Waals surface area contributed by atoms with Gasteiger partial charge >= 0.3 is 0 Å². The second kappa shape index (κ2) is 6.73. The van der Waals surface area contributed by atoms with Crippen molar-refractivity contribution in [2.75, 3.05) is 7.05 Å². The summed E-state index contributed by atoms with van der Waals surface area (Å²) in [5.74, 6) is 1.79. The van der Waals surface area contributed by atoms with Gasteiger partial charge in [-0.2, -0.15) is 0 Å². The molecule has 0 spiro atoms. The van der Waals surface area contributed by atoms with Crippen LogP contribution in [0.15, 0.2) is 45.3 Å². The largest absolute Gasteiger partial charge is 0.462 e. The Morgan fingerprint density at radius 1 is 1.06 bits per heavy atom. The number of furan rings is 1. The molecule has 2 aromatic rings. The molecule has 0 atom stereocenters. The molecular formula is C14H16BrNO2. The lowest BCUT2D eigenvalue weighted by atomic mass is 10.2. The molecule has 1 aromatic heterocycles. The van der Waals surface area contributed by atoms with E-state index >= 15 is 0 Å². The summed E-state index contributed by atoms with van der Waals surface area (Å²) in [7, 11) is 1.90. The van der Waals surface area contributed by atoms with Gasteiger partial charge in [-0.05, 0) is 36.9 Å². The molecule has 4 heteroatoms. The first-order valence-corrected chi connectivity index (χ1v) is 6.61. The lowest BCUT2D eigenvalue weighted by Gasteiger charge is -2.03. The van der Waals surface area contributed by atoms with Crippen LogP contribution in [0, 0.1) is 0 Å². The van der Waals surface area contributed by atoms with Gasteiger partial charge in [0.05, 0.1) is 13.2 Å². The molecule has 96 valence electrons. The normalized spacial score (nSPS) is 10.8. The van der Waals surface area contributed by atoms with Gasteiger partial charge in [0.15, 0.2) is 0 Å². The molecule has 18 heavy (non-hydrogen) atoms. The van der Waals surface area contributed by atoms with Gasteiger partial charge in [-0.25, -0.2) is 0 Å². The number of hydrogen-bond donors (Lipinski definition) is 1. The van der Waals surface area contributed by atoms with Crippen molar-refractivity contribution in [1.82, 2.24) is 5.32 Å². The first kappa shape index (κ1) is 13.3. The van der Waals surface area contributed by atoms with Crippen molar-refractivity contribution in [3.63, 3.8) is 0 Å². The van der Waals surface area contributed by atoms with Gasteiger partial charge in [-0.3, -0.25) is 0 Å². The lowest BCUT2D eigenvalue weighted by Crippen LogP contribution is -2.03. The highest BCUT2D eigenvalue weighted by atomic mass is 79.9. The highest BCUT2D eigenvalue weighted by molar-refractivity contribution is 9.10. The fourth-order valence-corrected chi connectivity index (χ4v) is 1.88. The summed E-state index contributed by atoms with van der Waals surface area (Å²) in [5, 5.41) is 3.05. The topological polar surface area (TPSA) is 34.4 Å². The van der Waals surface area contributed by atoms with Crippen LogP contribution in [-0.4, -0.2) is 7.05 Å². The van der Waals surface area contributed by atoms with Crippen LogP contribution in [0.4, 0.5) is 0 Å². The maximum absolute atomic E-state index is 5.61. The van der Waals surface area contributed by atoms with Crippen molar-refractivity contribution in [1.29, 1.82) is 0 Å². The van der Waals surface area contributed by atoms with Crippen LogP contribution in [-0.2, 0) is 24.5 Å². The fraction of sp³-hybridized carbons (Fsp3) is 0.286. The van der Waals surface area contributed by atoms with E-state index in [9.17, 15) is 0 Å². The van der Waals surface area contributed by atoms with E-state index in [4.69, 9.17) is 9.15 Å². The zero-order chi connectivity index (χ0) is 12.8. The van der Waals surface area contributed by atoms with Crippen LogP contribution in [0.3, 0.4) is 0 Å². The SMILES string of the molecule is CNCc1ccc(COCc2ccc(Br)cc2)o1. The maximum atomic E-state index is 5.61. The van der Waals surface area contributed by atoms with Gasteiger partial charge < -0.3 is 14.5 Å². The lowest BCUT2D eigenvalue weighted by molar-refractivity contribution is 0.0920. The van der Waals surface area contributed by atoms with Gasteiger partial charge in [0.25, 0.3) is 0 Å². The first-order chi connectivity index (χ1) is 8.78. The fourth-order valence-electron chi connectivity index (χ4n) is 1.62. The molecule has 1 aromatic carbocycles. The Morgan fingerprint density at radius 3 is 2.50 bits per heavy atom. The minimum atomic E-state index is 0.500. The average Bonchev–Trinajstić information content (AvgIpc) is 2.80. The molecule has 0 bridgehead atoms. The van der Waals surface area contributed by atoms with Gasteiger partial charge in [0.2, 0.25) is 0 Å². The number of halogens is 1. The van der Waals surface area contributed by atoms with E-state index in [1.54, 1.807) is 0 Å². The average molecular weight is 310 g/mol. The Labute approximate surface area is 115 Å². The third-order valence-corrected chi connectivity index (χ3v) is 3.02. The summed E-state index contributed by atoms with van der Waals surface area (Å²) >= 11 is 3.41. The summed E-state index contributed by atoms with van der Waals surface area (Å²) in [6, 6.07) is 12.0. The van der Waals surface area contributed by atoms with Crippen LogP contribution in [0.5, 0.6) is 0 Å². The van der Waals surface area contributed by atoms with Crippen molar-refractivity contribution >= 4 is 15.9 Å². The van der Waals surface area contributed by atoms with E-state index in [2.05, 4.69) is 21.2 Å². The Morgan fingerprint density at radius 2 is 1.78 bits per heavy atom. The molecule has 0 radical (unpaired) electrons. The van der Waals surface area contributed by atoms with Crippen molar-refractivity contribution in [2.45, 2.75) is 19.8 Å². The van der Waals surface area contributed by atoms with E-state index in [1.807, 2.05) is 43.4 Å². The first-order valence-electron chi connectivity index (χ1n) is 5.82. The summed E-state index contributed by atoms with van der Waals surface area (Å²) in [6.45, 7) is 1.84. The molecule has 0 saturated carbocycles. The molecule has 3 nitrogen and oxygen atoms in total. The monoisotopic (exact) mass is 309 g/mol. The van der Waals surface area contributed by atoms with Crippen LogP contribution >= 0.6 is 15.9 Å². The van der Waals surface area contributed by atoms with Crippen LogP contribution < -0.4 is 5.32 Å². The summed E-state index contributed by atoms with van der Waals surface area (Å²) in [6.07, 6.45) is 0. The quantitative estimate of drug-likeness (QED) is 0.887. The molecule has 0 unspecified atom stereocenters. The molecule has 0 aliphatic carbocycles. The minimum Gasteiger partial charge on any atom is -0.462 e. The number of nitrogens with one attached hydrogen (secondary N) is 1. The molecular weight excluding hydrogens is 294 g/mol. The Hall–Kier alpha value is -1.10. The molecule has 2 rings (SSSR count). The van der Waals surface area contributed by atoms with E-state index in [0.29, 0.717) is 13.2 Å². The molecule has 0 amide bonds. The number of ether oxygens (including phenoxy) is 1. The van der Waals surface area contributed by atoms with Crippen molar-refractivity contribution < 1.29 is 9.15 Å². The second-order valence-electron chi connectivity index (χ2n) is 4.02. The Bertz CT molecular complexity index is 479. The molecule has 1 N–H and O–H groups in total. The van der Waals surface area contributed by atoms with Crippen molar-refractivity contribution in [3.8, 4) is 0 Å². The van der Waals surface area contributed by atoms with E-state index in [0.717, 1.165) is 28.1 Å². The zero-order valence-corrected chi connectivity index (χ0v) is 11.9. The third-order valence-electron chi connectivity index (χ3n) is 2.49. The maximum Gasteiger partial charge on any atom is 0.129 e. The number of hydrogen-bond acceptors (Lipinski definition) is 3. The van der Waals surface area contributed by atoms with Crippen molar-refractivity contribution in [3.05, 3.63) is 58.0 Å². The zero-order valence-electron chi connectivity index (χ0n) is 10.3. The Kier molecular flexibility index (Phi) is 4.99. The standard InChI is InChI=1S/C14H16BrNO2/c1-16-8-13-6-7-14(18-13)10-17-9-11-2-4-12(15)5-3-11/h2-7,16H,8-10H2,1H3. The second-order valence-corrected chi connectivity index (χ2v) is 4.93. The number of benzene rings is 1. The van der Waals surface area contributed by atoms with Crippen LogP contribution in [0.25, 0.3) is 0 Å². The molecule has 0 saturated heterocycles. The smallest absolute Gasteiger partial charge is 0.129 e. The van der Waals surface area contributed by atoms with E-state index in [1.165, 1.54) is 0 Å². The summed E-state index contributed by atoms with van der Waals surface area (Å²) in [5.41, 5.74) is 1.15. The van der Waals surface area contributed by atoms with Crippen LogP contribution in [0.2, 0.25) is 0 Å². The minimum absolute atomic E-state index is 0.500. The third kappa shape index (κ3) is 3.98. The number of rotatable bonds is 6. The van der Waals surface area contributed by atoms with E-state index < -0.39 is 0 Å². The van der Waals surface area contributed by atoms with Crippen molar-refractivity contribution in [2.24, 2.45) is 0 Å². The van der Waals surface area contributed by atoms with Gasteiger partial charge in [-0.1, -0.05) is 28.1 Å². The Balaban J connectivity index is 1.79. The molecule has 0 aliphatic heterocycles. The summed E-state index contributed by atoms with van der Waals surface area (Å²) in [4.78, 5) is 0. The van der Waals surface area contributed by atoms with E-state index in [-0.39, 0.29) is 0 Å².